The first-order valence-corrected chi connectivity index (χ1v) is 9.35. The van der Waals surface area contributed by atoms with Crippen LogP contribution in [0.3, 0.4) is 0 Å². The minimum Gasteiger partial charge on any atom is -0.480 e. The number of hydrogen-bond donors (Lipinski definition) is 3. The Morgan fingerprint density at radius 2 is 1.92 bits per heavy atom. The summed E-state index contributed by atoms with van der Waals surface area (Å²) in [4.78, 5) is 24.2. The Balaban J connectivity index is 3.17. The van der Waals surface area contributed by atoms with Crippen molar-refractivity contribution in [3.63, 3.8) is 0 Å². The van der Waals surface area contributed by atoms with Crippen LogP contribution in [0.5, 0.6) is 0 Å². The van der Waals surface area contributed by atoms with Crippen molar-refractivity contribution < 1.29 is 28.9 Å². The minimum atomic E-state index is -1.25. The molecule has 0 aromatic rings. The van der Waals surface area contributed by atoms with Crippen LogP contribution >= 0.6 is 0 Å². The third-order valence-electron chi connectivity index (χ3n) is 5.13. The van der Waals surface area contributed by atoms with Crippen LogP contribution in [0.1, 0.15) is 73.1 Å². The summed E-state index contributed by atoms with van der Waals surface area (Å²) < 4.78 is 18.6. The van der Waals surface area contributed by atoms with E-state index in [-0.39, 0.29) is 12.3 Å². The van der Waals surface area contributed by atoms with Crippen molar-refractivity contribution in [2.45, 2.75) is 90.4 Å². The fourth-order valence-corrected chi connectivity index (χ4v) is 4.08. The fourth-order valence-electron chi connectivity index (χ4n) is 4.08. The molecule has 0 heterocycles. The average molecular weight is 375 g/mol. The molecule has 0 aliphatic heterocycles. The number of hydrogen-bond acceptors (Lipinski definition) is 4. The molecule has 152 valence electrons. The summed E-state index contributed by atoms with van der Waals surface area (Å²) in [6, 6.07) is -1.25. The lowest BCUT2D eigenvalue weighted by Crippen LogP contribution is -2.58. The molecule has 0 saturated heterocycles. The van der Waals surface area contributed by atoms with Gasteiger partial charge in [0.2, 0.25) is 0 Å². The molecule has 4 unspecified atom stereocenters. The highest BCUT2D eigenvalue weighted by molar-refractivity contribution is 5.81. The number of alkyl carbamates (subject to hydrolysis) is 1. The molecule has 1 fully saturated rings. The maximum absolute atomic E-state index is 13.4. The number of aliphatic hydroxyl groups is 1. The van der Waals surface area contributed by atoms with Gasteiger partial charge in [0.15, 0.2) is 0 Å². The molecule has 0 aromatic carbocycles. The van der Waals surface area contributed by atoms with Gasteiger partial charge in [-0.25, -0.2) is 9.59 Å². The van der Waals surface area contributed by atoms with Crippen LogP contribution < -0.4 is 5.32 Å². The van der Waals surface area contributed by atoms with E-state index in [2.05, 4.69) is 5.32 Å². The largest absolute Gasteiger partial charge is 0.480 e. The monoisotopic (exact) mass is 375 g/mol. The molecule has 0 spiro atoms. The highest BCUT2D eigenvalue weighted by Crippen LogP contribution is 2.48. The number of ether oxygens (including phenoxy) is 1. The van der Waals surface area contributed by atoms with Gasteiger partial charge in [0.1, 0.15) is 11.6 Å². The second kappa shape index (κ2) is 8.55. The molecule has 1 rings (SSSR count). The summed E-state index contributed by atoms with van der Waals surface area (Å²) in [6.07, 6.45) is 1.93. The predicted molar refractivity (Wildman–Crippen MR) is 96.7 cm³/mol. The summed E-state index contributed by atoms with van der Waals surface area (Å²) in [5.41, 5.74) is -2.73. The third kappa shape index (κ3) is 6.41. The van der Waals surface area contributed by atoms with Crippen LogP contribution in [0.4, 0.5) is 9.18 Å². The summed E-state index contributed by atoms with van der Waals surface area (Å²) in [7, 11) is 0. The molecule has 7 heteroatoms. The molecule has 26 heavy (non-hydrogen) atoms. The standard InChI is InChI=1S/C19H34FNO5/c1-6-13(11-20)10-19(9-7-8-18(5,25)12-19)14(15(22)23)21-16(24)26-17(2,3)4/h13-14,25H,6-12H2,1-5H3,(H,21,24)(H,22,23). The summed E-state index contributed by atoms with van der Waals surface area (Å²) in [5, 5.41) is 22.9. The predicted octanol–water partition coefficient (Wildman–Crippen LogP) is 3.66. The second-order valence-electron chi connectivity index (χ2n) is 8.94. The summed E-state index contributed by atoms with van der Waals surface area (Å²) in [6.45, 7) is 8.05. The number of carbonyl (C=O) groups is 2. The molecular formula is C19H34FNO5. The van der Waals surface area contributed by atoms with Crippen molar-refractivity contribution in [2.75, 3.05) is 6.67 Å². The van der Waals surface area contributed by atoms with Crippen molar-refractivity contribution in [2.24, 2.45) is 11.3 Å². The van der Waals surface area contributed by atoms with Crippen molar-refractivity contribution in [3.05, 3.63) is 0 Å². The van der Waals surface area contributed by atoms with E-state index >= 15 is 0 Å². The Morgan fingerprint density at radius 3 is 2.35 bits per heavy atom. The quantitative estimate of drug-likeness (QED) is 0.631. The molecule has 1 amide bonds. The number of nitrogens with one attached hydrogen (secondary N) is 1. The molecule has 0 aromatic heterocycles. The zero-order valence-electron chi connectivity index (χ0n) is 16.6. The Hall–Kier alpha value is -1.37. The Kier molecular flexibility index (Phi) is 7.45. The number of carboxylic acids is 1. The highest BCUT2D eigenvalue weighted by Gasteiger charge is 2.51. The van der Waals surface area contributed by atoms with Gasteiger partial charge >= 0.3 is 12.1 Å². The fraction of sp³-hybridized carbons (Fsp3) is 0.895. The van der Waals surface area contributed by atoms with Gasteiger partial charge < -0.3 is 20.3 Å². The second-order valence-corrected chi connectivity index (χ2v) is 8.94. The topological polar surface area (TPSA) is 95.9 Å². The van der Waals surface area contributed by atoms with E-state index in [1.807, 2.05) is 6.92 Å². The van der Waals surface area contributed by atoms with Gasteiger partial charge in [-0.1, -0.05) is 13.3 Å². The molecule has 0 radical (unpaired) electrons. The van der Waals surface area contributed by atoms with E-state index in [9.17, 15) is 24.2 Å². The first-order chi connectivity index (χ1) is 11.8. The SMILES string of the molecule is CCC(CF)CC1(C(NC(=O)OC(C)(C)C)C(=O)O)CCCC(C)(O)C1. The zero-order valence-corrected chi connectivity index (χ0v) is 16.6. The van der Waals surface area contributed by atoms with E-state index in [0.717, 1.165) is 0 Å². The molecule has 1 aliphatic carbocycles. The highest BCUT2D eigenvalue weighted by atomic mass is 19.1. The van der Waals surface area contributed by atoms with Crippen LogP contribution in [0.2, 0.25) is 0 Å². The van der Waals surface area contributed by atoms with Gasteiger partial charge in [-0.2, -0.15) is 0 Å². The Morgan fingerprint density at radius 1 is 1.31 bits per heavy atom. The smallest absolute Gasteiger partial charge is 0.408 e. The van der Waals surface area contributed by atoms with E-state index in [1.54, 1.807) is 27.7 Å². The number of amides is 1. The van der Waals surface area contributed by atoms with Gasteiger partial charge in [-0.15, -0.1) is 0 Å². The lowest BCUT2D eigenvalue weighted by atomic mass is 9.60. The van der Waals surface area contributed by atoms with Crippen molar-refractivity contribution in [1.29, 1.82) is 0 Å². The lowest BCUT2D eigenvalue weighted by Gasteiger charge is -2.48. The van der Waals surface area contributed by atoms with Gasteiger partial charge in [0.25, 0.3) is 0 Å². The van der Waals surface area contributed by atoms with E-state index in [1.165, 1.54) is 0 Å². The van der Waals surface area contributed by atoms with Gasteiger partial charge in [0, 0.05) is 5.41 Å². The van der Waals surface area contributed by atoms with E-state index in [4.69, 9.17) is 4.74 Å². The normalized spacial score (nSPS) is 28.9. The Labute approximate surface area is 155 Å². The maximum atomic E-state index is 13.4. The average Bonchev–Trinajstić information content (AvgIpc) is 2.47. The van der Waals surface area contributed by atoms with E-state index < -0.39 is 41.4 Å². The molecule has 1 aliphatic rings. The number of carboxylic acid groups (broad SMARTS) is 1. The molecule has 4 atom stereocenters. The van der Waals surface area contributed by atoms with Crippen molar-refractivity contribution in [1.82, 2.24) is 5.32 Å². The van der Waals surface area contributed by atoms with Crippen LogP contribution in [-0.2, 0) is 9.53 Å². The minimum absolute atomic E-state index is 0.198. The van der Waals surface area contributed by atoms with Gasteiger partial charge in [-0.05, 0) is 65.7 Å². The third-order valence-corrected chi connectivity index (χ3v) is 5.13. The van der Waals surface area contributed by atoms with Crippen LogP contribution in [0.15, 0.2) is 0 Å². The number of rotatable bonds is 7. The van der Waals surface area contributed by atoms with E-state index in [0.29, 0.717) is 32.1 Å². The number of halogens is 1. The maximum Gasteiger partial charge on any atom is 0.408 e. The lowest BCUT2D eigenvalue weighted by molar-refractivity contribution is -0.148. The van der Waals surface area contributed by atoms with Crippen molar-refractivity contribution >= 4 is 12.1 Å². The summed E-state index contributed by atoms with van der Waals surface area (Å²) >= 11 is 0. The zero-order chi connectivity index (χ0) is 20.2. The number of alkyl halides is 1. The number of carbonyl (C=O) groups excluding carboxylic acids is 1. The van der Waals surface area contributed by atoms with Crippen LogP contribution in [0.25, 0.3) is 0 Å². The molecule has 0 bridgehead atoms. The molecule has 6 nitrogen and oxygen atoms in total. The van der Waals surface area contributed by atoms with Crippen LogP contribution in [0, 0.1) is 11.3 Å². The first-order valence-electron chi connectivity index (χ1n) is 9.35. The summed E-state index contributed by atoms with van der Waals surface area (Å²) in [5.74, 6) is -1.51. The Bertz CT molecular complexity index is 499. The van der Waals surface area contributed by atoms with Gasteiger partial charge in [-0.3, -0.25) is 4.39 Å². The van der Waals surface area contributed by atoms with Gasteiger partial charge in [0.05, 0.1) is 12.3 Å². The van der Waals surface area contributed by atoms with Crippen LogP contribution in [-0.4, -0.2) is 46.2 Å². The van der Waals surface area contributed by atoms with Crippen molar-refractivity contribution in [3.8, 4) is 0 Å². The molecule has 1 saturated carbocycles. The first kappa shape index (κ1) is 22.7. The molecular weight excluding hydrogens is 341 g/mol. The molecule has 3 N–H and O–H groups in total. The number of aliphatic carboxylic acids is 1.